The van der Waals surface area contributed by atoms with Crippen molar-refractivity contribution >= 4 is 5.97 Å². The second kappa shape index (κ2) is 5.61. The van der Waals surface area contributed by atoms with Crippen molar-refractivity contribution in [2.24, 2.45) is 0 Å². The van der Waals surface area contributed by atoms with Gasteiger partial charge in [-0.15, -0.1) is 5.06 Å². The van der Waals surface area contributed by atoms with Crippen LogP contribution >= 0.6 is 0 Å². The van der Waals surface area contributed by atoms with Crippen LogP contribution in [-0.2, 0) is 9.63 Å². The first-order valence-electron chi connectivity index (χ1n) is 6.06. The zero-order chi connectivity index (χ0) is 13.9. The molecule has 0 amide bonds. The van der Waals surface area contributed by atoms with Gasteiger partial charge >= 0.3 is 12.1 Å². The third-order valence-electron chi connectivity index (χ3n) is 3.17. The Labute approximate surface area is 108 Å². The van der Waals surface area contributed by atoms with Gasteiger partial charge in [-0.1, -0.05) is 30.3 Å². The van der Waals surface area contributed by atoms with Crippen molar-refractivity contribution in [3.63, 3.8) is 0 Å². The van der Waals surface area contributed by atoms with Gasteiger partial charge in [0.05, 0.1) is 0 Å². The van der Waals surface area contributed by atoms with Crippen LogP contribution < -0.4 is 0 Å². The predicted octanol–water partition coefficient (Wildman–Crippen LogP) is 2.89. The lowest BCUT2D eigenvalue weighted by atomic mass is 9.90. The van der Waals surface area contributed by atoms with Gasteiger partial charge in [0.1, 0.15) is 0 Å². The van der Waals surface area contributed by atoms with Crippen LogP contribution in [0, 0.1) is 0 Å². The minimum Gasteiger partial charge on any atom is -0.361 e. The number of hydrogen-bond acceptors (Lipinski definition) is 3. The lowest BCUT2D eigenvalue weighted by Crippen LogP contribution is -2.39. The number of benzene rings is 1. The van der Waals surface area contributed by atoms with Crippen molar-refractivity contribution in [1.82, 2.24) is 5.06 Å². The smallest absolute Gasteiger partial charge is 0.361 e. The number of halogens is 3. The quantitative estimate of drug-likeness (QED) is 0.829. The largest absolute Gasteiger partial charge is 0.492 e. The lowest BCUT2D eigenvalue weighted by molar-refractivity contribution is -0.241. The van der Waals surface area contributed by atoms with Crippen LogP contribution in [0.1, 0.15) is 24.3 Å². The average Bonchev–Trinajstić information content (AvgIpc) is 2.39. The molecule has 1 heterocycles. The summed E-state index contributed by atoms with van der Waals surface area (Å²) < 4.78 is 36.1. The van der Waals surface area contributed by atoms with Gasteiger partial charge in [-0.25, -0.2) is 4.79 Å². The molecule has 19 heavy (non-hydrogen) atoms. The second-order valence-corrected chi connectivity index (χ2v) is 4.49. The van der Waals surface area contributed by atoms with Crippen LogP contribution in [0.2, 0.25) is 0 Å². The van der Waals surface area contributed by atoms with Gasteiger partial charge in [-0.2, -0.15) is 13.2 Å². The highest BCUT2D eigenvalue weighted by atomic mass is 19.4. The van der Waals surface area contributed by atoms with E-state index >= 15 is 0 Å². The molecule has 1 aromatic carbocycles. The van der Waals surface area contributed by atoms with Gasteiger partial charge in [-0.3, -0.25) is 0 Å². The maximum Gasteiger partial charge on any atom is 0.492 e. The third kappa shape index (κ3) is 3.70. The number of alkyl halides is 3. The van der Waals surface area contributed by atoms with Gasteiger partial charge in [0.25, 0.3) is 0 Å². The highest BCUT2D eigenvalue weighted by Crippen LogP contribution is 2.28. The zero-order valence-corrected chi connectivity index (χ0v) is 10.2. The third-order valence-corrected chi connectivity index (χ3v) is 3.17. The molecule has 1 aliphatic rings. The second-order valence-electron chi connectivity index (χ2n) is 4.49. The van der Waals surface area contributed by atoms with Crippen LogP contribution in [0.4, 0.5) is 13.2 Å². The van der Waals surface area contributed by atoms with Crippen molar-refractivity contribution in [1.29, 1.82) is 0 Å². The first-order valence-corrected chi connectivity index (χ1v) is 6.06. The molecule has 104 valence electrons. The Morgan fingerprint density at radius 3 is 2.26 bits per heavy atom. The predicted molar refractivity (Wildman–Crippen MR) is 62.1 cm³/mol. The normalized spacial score (nSPS) is 18.3. The molecule has 1 aromatic rings. The van der Waals surface area contributed by atoms with E-state index < -0.39 is 12.1 Å². The topological polar surface area (TPSA) is 29.5 Å². The fourth-order valence-electron chi connectivity index (χ4n) is 2.17. The molecular weight excluding hydrogens is 259 g/mol. The number of rotatable bonds is 2. The summed E-state index contributed by atoms with van der Waals surface area (Å²) >= 11 is 0. The first kappa shape index (κ1) is 13.9. The van der Waals surface area contributed by atoms with E-state index in [2.05, 4.69) is 4.84 Å². The molecule has 3 nitrogen and oxygen atoms in total. The van der Waals surface area contributed by atoms with E-state index in [9.17, 15) is 18.0 Å². The highest BCUT2D eigenvalue weighted by molar-refractivity contribution is 5.75. The highest BCUT2D eigenvalue weighted by Gasteiger charge is 2.42. The van der Waals surface area contributed by atoms with Crippen LogP contribution in [0.25, 0.3) is 0 Å². The summed E-state index contributed by atoms with van der Waals surface area (Å²) in [5.41, 5.74) is 1.17. The molecule has 0 bridgehead atoms. The van der Waals surface area contributed by atoms with E-state index in [1.807, 2.05) is 30.3 Å². The molecule has 0 spiro atoms. The summed E-state index contributed by atoms with van der Waals surface area (Å²) in [6.07, 6.45) is -3.58. The van der Waals surface area contributed by atoms with Crippen molar-refractivity contribution in [3.8, 4) is 0 Å². The molecule has 1 saturated heterocycles. The molecule has 1 aliphatic heterocycles. The van der Waals surface area contributed by atoms with Gasteiger partial charge in [-0.05, 0) is 24.3 Å². The number of hydrogen-bond donors (Lipinski definition) is 0. The van der Waals surface area contributed by atoms with Crippen LogP contribution in [0.3, 0.4) is 0 Å². The number of carbonyl (C=O) groups is 1. The maximum atomic E-state index is 12.0. The van der Waals surface area contributed by atoms with E-state index in [0.29, 0.717) is 31.8 Å². The van der Waals surface area contributed by atoms with Gasteiger partial charge in [0.2, 0.25) is 0 Å². The summed E-state index contributed by atoms with van der Waals surface area (Å²) in [4.78, 5) is 15.0. The first-order chi connectivity index (χ1) is 8.97. The molecular formula is C13H14F3NO2. The molecule has 0 radical (unpaired) electrons. The summed E-state index contributed by atoms with van der Waals surface area (Å²) in [6.45, 7) is 0.642. The van der Waals surface area contributed by atoms with E-state index in [0.717, 1.165) is 5.06 Å². The summed E-state index contributed by atoms with van der Waals surface area (Å²) in [6, 6.07) is 9.80. The lowest BCUT2D eigenvalue weighted by Gasteiger charge is -2.30. The Morgan fingerprint density at radius 1 is 1.16 bits per heavy atom. The van der Waals surface area contributed by atoms with Crippen LogP contribution in [0.5, 0.6) is 0 Å². The number of carbonyl (C=O) groups excluding carboxylic acids is 1. The fraction of sp³-hybridized carbons (Fsp3) is 0.462. The zero-order valence-electron chi connectivity index (χ0n) is 10.2. The standard InChI is InChI=1S/C13H14F3NO2/c14-13(15,16)12(18)19-17-8-6-11(7-9-17)10-4-2-1-3-5-10/h1-5,11H,6-9H2. The molecule has 0 aromatic heterocycles. The monoisotopic (exact) mass is 273 g/mol. The van der Waals surface area contributed by atoms with Crippen molar-refractivity contribution < 1.29 is 22.8 Å². The minimum absolute atomic E-state index is 0.307. The molecule has 0 N–H and O–H groups in total. The fourth-order valence-corrected chi connectivity index (χ4v) is 2.17. The summed E-state index contributed by atoms with van der Waals surface area (Å²) in [7, 11) is 0. The Balaban J connectivity index is 1.85. The van der Waals surface area contributed by atoms with E-state index in [1.165, 1.54) is 5.56 Å². The maximum absolute atomic E-state index is 12.0. The van der Waals surface area contributed by atoms with E-state index in [-0.39, 0.29) is 0 Å². The van der Waals surface area contributed by atoms with Crippen molar-refractivity contribution in [2.75, 3.05) is 13.1 Å². The van der Waals surface area contributed by atoms with E-state index in [4.69, 9.17) is 0 Å². The number of nitrogens with zero attached hydrogens (tertiary/aromatic N) is 1. The Kier molecular flexibility index (Phi) is 4.09. The van der Waals surface area contributed by atoms with Crippen molar-refractivity contribution in [3.05, 3.63) is 35.9 Å². The summed E-state index contributed by atoms with van der Waals surface area (Å²) in [5.74, 6) is -1.84. The number of hydroxylamine groups is 2. The molecule has 0 atom stereocenters. The van der Waals surface area contributed by atoms with E-state index in [1.54, 1.807) is 0 Å². The SMILES string of the molecule is O=C(ON1CCC(c2ccccc2)CC1)C(F)(F)F. The molecule has 0 aliphatic carbocycles. The van der Waals surface area contributed by atoms with Gasteiger partial charge < -0.3 is 4.84 Å². The minimum atomic E-state index is -4.93. The molecule has 2 rings (SSSR count). The molecule has 6 heteroatoms. The Morgan fingerprint density at radius 2 is 1.74 bits per heavy atom. The molecule has 1 fully saturated rings. The average molecular weight is 273 g/mol. The van der Waals surface area contributed by atoms with Crippen LogP contribution in [-0.4, -0.2) is 30.3 Å². The number of piperidine rings is 1. The van der Waals surface area contributed by atoms with Crippen molar-refractivity contribution in [2.45, 2.75) is 24.9 Å². The molecule has 0 unspecified atom stereocenters. The summed E-state index contributed by atoms with van der Waals surface area (Å²) in [5, 5.41) is 1.09. The van der Waals surface area contributed by atoms with Crippen LogP contribution in [0.15, 0.2) is 30.3 Å². The van der Waals surface area contributed by atoms with Gasteiger partial charge in [0, 0.05) is 13.1 Å². The van der Waals surface area contributed by atoms with Gasteiger partial charge in [0.15, 0.2) is 0 Å². The molecule has 0 saturated carbocycles. The Hall–Kier alpha value is -1.56. The Bertz CT molecular complexity index is 425.